The molecule has 5 rings (SSSR count). The highest BCUT2D eigenvalue weighted by Gasteiger charge is 2.45. The molecule has 1 aromatic heterocycles. The number of anilines is 2. The standard InChI is InChI=1S/C22H23F2N3O3S/c1-31(29,30)16-4-2-3-15(10-16)26-17-11-25-20(19-14-6-5-13(9-14)18(17)19)21(28)27-8-7-22(23,24)12-27/h2-4,10-11,13-14,26H,5-9,12H2,1H3. The summed E-state index contributed by atoms with van der Waals surface area (Å²) in [4.78, 5) is 18.9. The maximum absolute atomic E-state index is 13.7. The Labute approximate surface area is 179 Å². The summed E-state index contributed by atoms with van der Waals surface area (Å²) < 4.78 is 51.1. The largest absolute Gasteiger partial charge is 0.354 e. The molecule has 1 N–H and O–H groups in total. The molecule has 3 aliphatic rings. The molecule has 1 saturated carbocycles. The number of halogens is 2. The summed E-state index contributed by atoms with van der Waals surface area (Å²) in [7, 11) is -3.34. The van der Waals surface area contributed by atoms with Crippen LogP contribution in [0.1, 0.15) is 59.1 Å². The molecule has 2 heterocycles. The molecule has 0 spiro atoms. The first-order valence-electron chi connectivity index (χ1n) is 10.4. The highest BCUT2D eigenvalue weighted by molar-refractivity contribution is 7.90. The Morgan fingerprint density at radius 2 is 1.97 bits per heavy atom. The minimum atomic E-state index is -3.34. The zero-order valence-electron chi connectivity index (χ0n) is 17.1. The molecule has 2 aromatic rings. The molecule has 2 atom stereocenters. The van der Waals surface area contributed by atoms with Crippen molar-refractivity contribution in [2.75, 3.05) is 24.7 Å². The fourth-order valence-corrected chi connectivity index (χ4v) is 5.86. The van der Waals surface area contributed by atoms with Crippen molar-refractivity contribution in [3.8, 4) is 0 Å². The molecule has 1 amide bonds. The number of nitrogens with one attached hydrogen (secondary N) is 1. The van der Waals surface area contributed by atoms with Crippen LogP contribution in [0.15, 0.2) is 35.4 Å². The van der Waals surface area contributed by atoms with Gasteiger partial charge in [-0.15, -0.1) is 0 Å². The third-order valence-electron chi connectivity index (χ3n) is 6.61. The molecule has 1 aromatic carbocycles. The van der Waals surface area contributed by atoms with Gasteiger partial charge in [-0.1, -0.05) is 6.07 Å². The number of carbonyl (C=O) groups excluding carboxylic acids is 1. The summed E-state index contributed by atoms with van der Waals surface area (Å²) in [6.45, 7) is -0.524. The number of sulfone groups is 1. The van der Waals surface area contributed by atoms with Gasteiger partial charge in [0.25, 0.3) is 11.8 Å². The number of benzene rings is 1. The van der Waals surface area contributed by atoms with E-state index in [-0.39, 0.29) is 35.4 Å². The van der Waals surface area contributed by atoms with Crippen LogP contribution in [-0.2, 0) is 9.84 Å². The summed E-state index contributed by atoms with van der Waals surface area (Å²) in [6.07, 6.45) is 5.32. The lowest BCUT2D eigenvalue weighted by Crippen LogP contribution is -2.33. The van der Waals surface area contributed by atoms with Crippen molar-refractivity contribution in [3.63, 3.8) is 0 Å². The number of aromatic nitrogens is 1. The van der Waals surface area contributed by atoms with Gasteiger partial charge in [0.1, 0.15) is 5.69 Å². The lowest BCUT2D eigenvalue weighted by atomic mass is 9.89. The highest BCUT2D eigenvalue weighted by atomic mass is 32.2. The number of carbonyl (C=O) groups is 1. The first kappa shape index (κ1) is 20.4. The predicted octanol–water partition coefficient (Wildman–Crippen LogP) is 4.07. The van der Waals surface area contributed by atoms with Crippen LogP contribution in [0.4, 0.5) is 20.2 Å². The van der Waals surface area contributed by atoms with E-state index in [1.165, 1.54) is 4.90 Å². The maximum atomic E-state index is 13.7. The van der Waals surface area contributed by atoms with Crippen molar-refractivity contribution in [3.05, 3.63) is 47.3 Å². The molecule has 2 fully saturated rings. The van der Waals surface area contributed by atoms with Crippen LogP contribution >= 0.6 is 0 Å². The predicted molar refractivity (Wildman–Crippen MR) is 112 cm³/mol. The highest BCUT2D eigenvalue weighted by Crippen LogP contribution is 2.56. The second-order valence-electron chi connectivity index (χ2n) is 8.81. The van der Waals surface area contributed by atoms with E-state index in [1.54, 1.807) is 30.5 Å². The van der Waals surface area contributed by atoms with Gasteiger partial charge in [0.05, 0.1) is 23.3 Å². The molecule has 9 heteroatoms. The van der Waals surface area contributed by atoms with E-state index in [1.807, 2.05) is 0 Å². The Morgan fingerprint density at radius 3 is 2.65 bits per heavy atom. The Kier molecular flexibility index (Phi) is 4.58. The third kappa shape index (κ3) is 3.58. The van der Waals surface area contributed by atoms with Crippen LogP contribution in [-0.4, -0.2) is 49.5 Å². The van der Waals surface area contributed by atoms with E-state index >= 15 is 0 Å². The summed E-state index contributed by atoms with van der Waals surface area (Å²) in [5, 5.41) is 3.28. The summed E-state index contributed by atoms with van der Waals surface area (Å²) in [6, 6.07) is 6.56. The van der Waals surface area contributed by atoms with E-state index < -0.39 is 28.2 Å². The van der Waals surface area contributed by atoms with Gasteiger partial charge < -0.3 is 10.2 Å². The van der Waals surface area contributed by atoms with Gasteiger partial charge in [-0.3, -0.25) is 4.79 Å². The molecule has 1 saturated heterocycles. The molecule has 164 valence electrons. The lowest BCUT2D eigenvalue weighted by molar-refractivity contribution is 0.0119. The maximum Gasteiger partial charge on any atom is 0.272 e. The Morgan fingerprint density at radius 1 is 1.23 bits per heavy atom. The topological polar surface area (TPSA) is 79.4 Å². The van der Waals surface area contributed by atoms with Gasteiger partial charge in [0, 0.05) is 24.9 Å². The van der Waals surface area contributed by atoms with Crippen molar-refractivity contribution < 1.29 is 22.0 Å². The van der Waals surface area contributed by atoms with Gasteiger partial charge in [-0.2, -0.15) is 0 Å². The van der Waals surface area contributed by atoms with E-state index in [9.17, 15) is 22.0 Å². The number of pyridine rings is 1. The van der Waals surface area contributed by atoms with Crippen molar-refractivity contribution in [2.24, 2.45) is 0 Å². The van der Waals surface area contributed by atoms with Crippen LogP contribution in [0.2, 0.25) is 0 Å². The number of hydrogen-bond acceptors (Lipinski definition) is 5. The summed E-state index contributed by atoms with van der Waals surface area (Å²) in [5.41, 5.74) is 3.55. The third-order valence-corrected chi connectivity index (χ3v) is 7.72. The SMILES string of the molecule is CS(=O)(=O)c1cccc(Nc2cnc(C(=O)N3CCC(F)(F)C3)c3c2C2CCC3C2)c1. The zero-order chi connectivity index (χ0) is 22.0. The van der Waals surface area contributed by atoms with Gasteiger partial charge in [-0.25, -0.2) is 22.2 Å². The molecule has 2 unspecified atom stereocenters. The van der Waals surface area contributed by atoms with E-state index in [2.05, 4.69) is 10.3 Å². The van der Waals surface area contributed by atoms with Gasteiger partial charge in [-0.05, 0) is 60.4 Å². The first-order valence-corrected chi connectivity index (χ1v) is 12.3. The molecule has 2 bridgehead atoms. The van der Waals surface area contributed by atoms with Crippen LogP contribution in [0.3, 0.4) is 0 Å². The number of alkyl halides is 2. The average Bonchev–Trinajstić information content (AvgIpc) is 3.42. The molecule has 31 heavy (non-hydrogen) atoms. The number of amides is 1. The fourth-order valence-electron chi connectivity index (χ4n) is 5.19. The Hall–Kier alpha value is -2.55. The monoisotopic (exact) mass is 447 g/mol. The summed E-state index contributed by atoms with van der Waals surface area (Å²) in [5.74, 6) is -2.77. The number of hydrogen-bond donors (Lipinski definition) is 1. The smallest absolute Gasteiger partial charge is 0.272 e. The van der Waals surface area contributed by atoms with Gasteiger partial charge in [0.15, 0.2) is 9.84 Å². The number of fused-ring (bicyclic) bond motifs is 5. The number of likely N-dealkylation sites (tertiary alicyclic amines) is 1. The second kappa shape index (κ2) is 6.98. The minimum Gasteiger partial charge on any atom is -0.354 e. The van der Waals surface area contributed by atoms with E-state index in [0.717, 1.165) is 42.3 Å². The van der Waals surface area contributed by atoms with Gasteiger partial charge in [0.2, 0.25) is 0 Å². The average molecular weight is 448 g/mol. The second-order valence-corrected chi connectivity index (χ2v) is 10.8. The van der Waals surface area contributed by atoms with Crippen molar-refractivity contribution in [1.82, 2.24) is 9.88 Å². The van der Waals surface area contributed by atoms with Gasteiger partial charge >= 0.3 is 0 Å². The molecular formula is C22H23F2N3O3S. The minimum absolute atomic E-state index is 0.0364. The van der Waals surface area contributed by atoms with Crippen LogP contribution in [0, 0.1) is 0 Å². The quantitative estimate of drug-likeness (QED) is 0.764. The van der Waals surface area contributed by atoms with Crippen molar-refractivity contribution >= 4 is 27.1 Å². The first-order chi connectivity index (χ1) is 14.6. The zero-order valence-corrected chi connectivity index (χ0v) is 17.9. The van der Waals surface area contributed by atoms with Crippen LogP contribution in [0.25, 0.3) is 0 Å². The normalized spacial score (nSPS) is 23.8. The number of rotatable bonds is 4. The fraction of sp³-hybridized carbons (Fsp3) is 0.455. The van der Waals surface area contributed by atoms with Crippen molar-refractivity contribution in [1.29, 1.82) is 0 Å². The Balaban J connectivity index is 1.51. The molecule has 0 radical (unpaired) electrons. The van der Waals surface area contributed by atoms with Crippen LogP contribution < -0.4 is 5.32 Å². The summed E-state index contributed by atoms with van der Waals surface area (Å²) >= 11 is 0. The lowest BCUT2D eigenvalue weighted by Gasteiger charge is -2.24. The van der Waals surface area contributed by atoms with Crippen LogP contribution in [0.5, 0.6) is 0 Å². The van der Waals surface area contributed by atoms with E-state index in [0.29, 0.717) is 5.69 Å². The molecule has 1 aliphatic heterocycles. The van der Waals surface area contributed by atoms with E-state index in [4.69, 9.17) is 0 Å². The molecular weight excluding hydrogens is 424 g/mol. The van der Waals surface area contributed by atoms with Crippen molar-refractivity contribution in [2.45, 2.75) is 48.3 Å². The molecule has 6 nitrogen and oxygen atoms in total. The Bertz CT molecular complexity index is 1180. The molecule has 2 aliphatic carbocycles. The number of nitrogens with zero attached hydrogens (tertiary/aromatic N) is 2.